The molecule has 0 aromatic heterocycles. The molecule has 90 valence electrons. The maximum Gasteiger partial charge on any atom is 0.484 e. The minimum Gasteiger partial charge on any atom is -0.463 e. The van der Waals surface area contributed by atoms with Crippen LogP contribution in [0.1, 0.15) is 27.7 Å². The van der Waals surface area contributed by atoms with E-state index < -0.39 is 9.53 Å². The molecule has 0 aromatic rings. The first kappa shape index (κ1) is 14.6. The molecule has 0 heterocycles. The van der Waals surface area contributed by atoms with Crippen LogP contribution in [0.2, 0.25) is 0 Å². The van der Waals surface area contributed by atoms with Crippen molar-refractivity contribution in [2.24, 2.45) is 0 Å². The molecule has 0 rings (SSSR count). The molecule has 0 aliphatic rings. The Balaban J connectivity index is 3.76. The summed E-state index contributed by atoms with van der Waals surface area (Å²) in [5.74, 6) is -0.309. The van der Waals surface area contributed by atoms with E-state index in [1.807, 2.05) is 20.8 Å². The molecule has 0 saturated heterocycles. The Morgan fingerprint density at radius 1 is 1.27 bits per heavy atom. The topological polar surface area (TPSA) is 54.0 Å². The normalized spacial score (nSPS) is 12.9. The third-order valence-electron chi connectivity index (χ3n) is 1.47. The number of ether oxygens (including phenoxy) is 1. The number of carbonyl (C=O) groups excluding carboxylic acids is 1. The van der Waals surface area contributed by atoms with Crippen LogP contribution in [0.3, 0.4) is 0 Å². The highest BCUT2D eigenvalue weighted by molar-refractivity contribution is 6.36. The second-order valence-corrected chi connectivity index (χ2v) is 4.46. The molecule has 0 saturated carbocycles. The highest BCUT2D eigenvalue weighted by atomic mass is 28.3. The molecule has 0 aromatic carbocycles. The van der Waals surface area contributed by atoms with Crippen LogP contribution < -0.4 is 0 Å². The van der Waals surface area contributed by atoms with Gasteiger partial charge in [0.15, 0.2) is 0 Å². The van der Waals surface area contributed by atoms with Crippen molar-refractivity contribution in [2.75, 3.05) is 19.8 Å². The van der Waals surface area contributed by atoms with Gasteiger partial charge in [-0.25, -0.2) is 0 Å². The molecule has 0 spiro atoms. The summed E-state index contributed by atoms with van der Waals surface area (Å²) in [6.07, 6.45) is -0.191. The summed E-state index contributed by atoms with van der Waals surface area (Å²) in [6.45, 7) is 8.33. The summed E-state index contributed by atoms with van der Waals surface area (Å²) in [6, 6.07) is 0. The van der Waals surface area contributed by atoms with Gasteiger partial charge in [0, 0.05) is 20.1 Å². The maximum atomic E-state index is 10.6. The molecule has 15 heavy (non-hydrogen) atoms. The molecular formula is C9H20O5Si. The van der Waals surface area contributed by atoms with Crippen molar-refractivity contribution in [1.82, 2.24) is 0 Å². The highest BCUT2D eigenvalue weighted by Gasteiger charge is 2.18. The number of hydrogen-bond acceptors (Lipinski definition) is 5. The second kappa shape index (κ2) is 8.84. The number of esters is 1. The van der Waals surface area contributed by atoms with Gasteiger partial charge in [-0.3, -0.25) is 4.79 Å². The number of carbonyl (C=O) groups is 1. The fourth-order valence-corrected chi connectivity index (χ4v) is 2.12. The zero-order valence-corrected chi connectivity index (χ0v) is 11.0. The van der Waals surface area contributed by atoms with Crippen LogP contribution in [0.5, 0.6) is 0 Å². The van der Waals surface area contributed by atoms with Crippen LogP contribution in [0.4, 0.5) is 0 Å². The van der Waals surface area contributed by atoms with Gasteiger partial charge in [0.2, 0.25) is 0 Å². The molecule has 0 aliphatic carbocycles. The molecular weight excluding hydrogens is 216 g/mol. The van der Waals surface area contributed by atoms with Gasteiger partial charge < -0.3 is 18.0 Å². The Morgan fingerprint density at radius 2 is 1.80 bits per heavy atom. The monoisotopic (exact) mass is 236 g/mol. The first-order valence-corrected chi connectivity index (χ1v) is 6.53. The van der Waals surface area contributed by atoms with E-state index in [0.29, 0.717) is 13.2 Å². The molecule has 6 heteroatoms. The smallest absolute Gasteiger partial charge is 0.463 e. The summed E-state index contributed by atoms with van der Waals surface area (Å²) in [5.41, 5.74) is 0. The fraction of sp³-hybridized carbons (Fsp3) is 0.889. The van der Waals surface area contributed by atoms with Crippen molar-refractivity contribution in [3.8, 4) is 0 Å². The van der Waals surface area contributed by atoms with Crippen LogP contribution >= 0.6 is 0 Å². The lowest BCUT2D eigenvalue weighted by Gasteiger charge is -2.19. The van der Waals surface area contributed by atoms with Gasteiger partial charge in [0.05, 0.1) is 6.10 Å². The summed E-state index contributed by atoms with van der Waals surface area (Å²) < 4.78 is 20.9. The summed E-state index contributed by atoms with van der Waals surface area (Å²) in [4.78, 5) is 10.6. The van der Waals surface area contributed by atoms with Gasteiger partial charge in [0.25, 0.3) is 0 Å². The van der Waals surface area contributed by atoms with E-state index in [0.717, 1.165) is 0 Å². The second-order valence-electron chi connectivity index (χ2n) is 2.95. The first-order chi connectivity index (χ1) is 7.10. The Kier molecular flexibility index (Phi) is 8.59. The minimum absolute atomic E-state index is 0.191. The van der Waals surface area contributed by atoms with Crippen molar-refractivity contribution >= 4 is 15.5 Å². The SMILES string of the molecule is CCO[SiH](OCC)OC(C)COC(C)=O. The largest absolute Gasteiger partial charge is 0.484 e. The average molecular weight is 236 g/mol. The Hall–Kier alpha value is -0.433. The molecule has 0 fully saturated rings. The standard InChI is InChI=1S/C9H20O5Si/c1-5-12-15(13-6-2)14-8(3)7-11-9(4)10/h8,15H,5-7H2,1-4H3. The average Bonchev–Trinajstić information content (AvgIpc) is 2.15. The molecule has 0 bridgehead atoms. The predicted octanol–water partition coefficient (Wildman–Crippen LogP) is 0.745. The van der Waals surface area contributed by atoms with Crippen molar-refractivity contribution in [1.29, 1.82) is 0 Å². The predicted molar refractivity (Wildman–Crippen MR) is 57.6 cm³/mol. The van der Waals surface area contributed by atoms with Crippen LogP contribution in [0.15, 0.2) is 0 Å². The summed E-state index contributed by atoms with van der Waals surface area (Å²) in [5, 5.41) is 0. The van der Waals surface area contributed by atoms with Crippen LogP contribution in [0.25, 0.3) is 0 Å². The summed E-state index contributed by atoms with van der Waals surface area (Å²) in [7, 11) is -2.05. The molecule has 1 unspecified atom stereocenters. The van der Waals surface area contributed by atoms with Crippen molar-refractivity contribution in [2.45, 2.75) is 33.8 Å². The Labute approximate surface area is 92.6 Å². The van der Waals surface area contributed by atoms with E-state index in [-0.39, 0.29) is 18.7 Å². The van der Waals surface area contributed by atoms with Gasteiger partial charge in [0.1, 0.15) is 6.61 Å². The third kappa shape index (κ3) is 8.55. The lowest BCUT2D eigenvalue weighted by Crippen LogP contribution is -2.33. The van der Waals surface area contributed by atoms with E-state index in [9.17, 15) is 4.79 Å². The van der Waals surface area contributed by atoms with E-state index in [4.69, 9.17) is 18.0 Å². The van der Waals surface area contributed by atoms with E-state index in [2.05, 4.69) is 0 Å². The number of hydrogen-bond donors (Lipinski definition) is 0. The molecule has 5 nitrogen and oxygen atoms in total. The zero-order valence-electron chi connectivity index (χ0n) is 9.82. The Morgan fingerprint density at radius 3 is 2.20 bits per heavy atom. The summed E-state index contributed by atoms with van der Waals surface area (Å²) >= 11 is 0. The first-order valence-electron chi connectivity index (χ1n) is 5.12. The van der Waals surface area contributed by atoms with Crippen molar-refractivity contribution in [3.05, 3.63) is 0 Å². The Bertz CT molecular complexity index is 170. The van der Waals surface area contributed by atoms with Crippen LogP contribution in [-0.4, -0.2) is 41.4 Å². The fourth-order valence-electron chi connectivity index (χ4n) is 0.863. The van der Waals surface area contributed by atoms with Crippen molar-refractivity contribution < 1.29 is 22.8 Å². The van der Waals surface area contributed by atoms with Crippen LogP contribution in [0, 0.1) is 0 Å². The highest BCUT2D eigenvalue weighted by Crippen LogP contribution is 1.99. The van der Waals surface area contributed by atoms with Gasteiger partial charge >= 0.3 is 15.5 Å². The van der Waals surface area contributed by atoms with Gasteiger partial charge in [-0.1, -0.05) is 0 Å². The minimum atomic E-state index is -2.05. The molecule has 1 atom stereocenters. The maximum absolute atomic E-state index is 10.6. The molecule has 0 N–H and O–H groups in total. The molecule has 0 radical (unpaired) electrons. The van der Waals surface area contributed by atoms with Crippen molar-refractivity contribution in [3.63, 3.8) is 0 Å². The zero-order chi connectivity index (χ0) is 11.7. The van der Waals surface area contributed by atoms with Crippen LogP contribution in [-0.2, 0) is 22.8 Å². The molecule has 0 aliphatic heterocycles. The quantitative estimate of drug-likeness (QED) is 0.460. The molecule has 0 amide bonds. The van der Waals surface area contributed by atoms with Gasteiger partial charge in [-0.2, -0.15) is 0 Å². The van der Waals surface area contributed by atoms with E-state index in [1.54, 1.807) is 0 Å². The van der Waals surface area contributed by atoms with Gasteiger partial charge in [-0.15, -0.1) is 0 Å². The number of rotatable bonds is 8. The lowest BCUT2D eigenvalue weighted by molar-refractivity contribution is -0.143. The van der Waals surface area contributed by atoms with E-state index >= 15 is 0 Å². The third-order valence-corrected chi connectivity index (χ3v) is 3.37. The van der Waals surface area contributed by atoms with Gasteiger partial charge in [-0.05, 0) is 20.8 Å². The lowest BCUT2D eigenvalue weighted by atomic mass is 10.4. The van der Waals surface area contributed by atoms with E-state index in [1.165, 1.54) is 6.92 Å².